The first-order valence-electron chi connectivity index (χ1n) is 6.43. The van der Waals surface area contributed by atoms with Gasteiger partial charge in [-0.25, -0.2) is 0 Å². The third-order valence-electron chi connectivity index (χ3n) is 3.87. The van der Waals surface area contributed by atoms with Crippen molar-refractivity contribution in [2.75, 3.05) is 6.54 Å². The lowest BCUT2D eigenvalue weighted by Gasteiger charge is -2.35. The van der Waals surface area contributed by atoms with Crippen LogP contribution in [0.2, 0.25) is 0 Å². The molecular formula is C13H25NO2. The number of hydrogen-bond donors (Lipinski definition) is 1. The smallest absolute Gasteiger partial charge is 0.313 e. The van der Waals surface area contributed by atoms with Crippen LogP contribution in [0.4, 0.5) is 0 Å². The minimum Gasteiger partial charge on any atom is -0.462 e. The highest BCUT2D eigenvalue weighted by Gasteiger charge is 2.40. The highest BCUT2D eigenvalue weighted by atomic mass is 16.5. The van der Waals surface area contributed by atoms with E-state index in [1.54, 1.807) is 0 Å². The molecule has 2 N–H and O–H groups in total. The Balaban J connectivity index is 2.61. The van der Waals surface area contributed by atoms with Crippen molar-refractivity contribution in [2.24, 2.45) is 17.1 Å². The van der Waals surface area contributed by atoms with E-state index >= 15 is 0 Å². The van der Waals surface area contributed by atoms with E-state index in [1.165, 1.54) is 6.42 Å². The summed E-state index contributed by atoms with van der Waals surface area (Å²) in [5.74, 6) is 0.290. The van der Waals surface area contributed by atoms with E-state index in [0.29, 0.717) is 12.5 Å². The van der Waals surface area contributed by atoms with Crippen molar-refractivity contribution in [3.05, 3.63) is 0 Å². The van der Waals surface area contributed by atoms with Crippen molar-refractivity contribution >= 4 is 5.97 Å². The molecule has 1 aliphatic rings. The minimum absolute atomic E-state index is 0.0159. The summed E-state index contributed by atoms with van der Waals surface area (Å²) in [5, 5.41) is 0. The second-order valence-electron chi connectivity index (χ2n) is 5.40. The molecule has 0 aliphatic heterocycles. The zero-order chi connectivity index (χ0) is 12.2. The molecule has 94 valence electrons. The first kappa shape index (κ1) is 13.5. The summed E-state index contributed by atoms with van der Waals surface area (Å²) in [6.45, 7) is 6.51. The van der Waals surface area contributed by atoms with Crippen molar-refractivity contribution in [1.29, 1.82) is 0 Å². The molecule has 1 atom stereocenters. The predicted octanol–water partition coefficient (Wildman–Crippen LogP) is 2.48. The lowest BCUT2D eigenvalue weighted by molar-refractivity contribution is -0.164. The summed E-state index contributed by atoms with van der Waals surface area (Å²) in [4.78, 5) is 12.2. The van der Waals surface area contributed by atoms with E-state index in [-0.39, 0.29) is 17.5 Å². The third kappa shape index (κ3) is 2.97. The van der Waals surface area contributed by atoms with Crippen molar-refractivity contribution < 1.29 is 9.53 Å². The van der Waals surface area contributed by atoms with Gasteiger partial charge in [-0.15, -0.1) is 0 Å². The van der Waals surface area contributed by atoms with E-state index in [4.69, 9.17) is 10.5 Å². The average molecular weight is 227 g/mol. The molecule has 1 unspecified atom stereocenters. The number of nitrogens with two attached hydrogens (primary N) is 1. The summed E-state index contributed by atoms with van der Waals surface area (Å²) >= 11 is 0. The summed E-state index contributed by atoms with van der Waals surface area (Å²) in [7, 11) is 0. The normalized spacial score (nSPS) is 21.8. The van der Waals surface area contributed by atoms with Gasteiger partial charge >= 0.3 is 5.97 Å². The van der Waals surface area contributed by atoms with Gasteiger partial charge in [0.1, 0.15) is 6.10 Å². The van der Waals surface area contributed by atoms with Crippen molar-refractivity contribution in [1.82, 2.24) is 0 Å². The Hall–Kier alpha value is -0.570. The second kappa shape index (κ2) is 5.67. The second-order valence-corrected chi connectivity index (χ2v) is 5.40. The Morgan fingerprint density at radius 2 is 1.81 bits per heavy atom. The number of rotatable bonds is 4. The third-order valence-corrected chi connectivity index (χ3v) is 3.87. The molecule has 0 amide bonds. The fourth-order valence-electron chi connectivity index (χ4n) is 2.15. The minimum atomic E-state index is -0.387. The Morgan fingerprint density at radius 1 is 1.25 bits per heavy atom. The summed E-state index contributed by atoms with van der Waals surface area (Å²) < 4.78 is 5.53. The molecule has 16 heavy (non-hydrogen) atoms. The Bertz CT molecular complexity index is 232. The largest absolute Gasteiger partial charge is 0.462 e. The van der Waals surface area contributed by atoms with Crippen LogP contribution in [0, 0.1) is 11.3 Å². The van der Waals surface area contributed by atoms with E-state index in [1.807, 2.05) is 6.92 Å². The van der Waals surface area contributed by atoms with Crippen LogP contribution in [0.5, 0.6) is 0 Å². The Morgan fingerprint density at radius 3 is 2.25 bits per heavy atom. The average Bonchev–Trinajstić information content (AvgIpc) is 2.29. The van der Waals surface area contributed by atoms with Gasteiger partial charge in [0, 0.05) is 6.54 Å². The van der Waals surface area contributed by atoms with E-state index in [2.05, 4.69) is 13.8 Å². The van der Waals surface area contributed by atoms with Gasteiger partial charge in [0.15, 0.2) is 0 Å². The number of carbonyl (C=O) groups excluding carboxylic acids is 1. The van der Waals surface area contributed by atoms with Gasteiger partial charge in [0.05, 0.1) is 5.41 Å². The van der Waals surface area contributed by atoms with Gasteiger partial charge in [-0.05, 0) is 25.7 Å². The van der Waals surface area contributed by atoms with Gasteiger partial charge in [0.2, 0.25) is 0 Å². The summed E-state index contributed by atoms with van der Waals surface area (Å²) in [6, 6.07) is 0. The zero-order valence-corrected chi connectivity index (χ0v) is 10.8. The van der Waals surface area contributed by atoms with Crippen LogP contribution in [-0.4, -0.2) is 18.6 Å². The Labute approximate surface area is 98.7 Å². The highest BCUT2D eigenvalue weighted by molar-refractivity contribution is 5.77. The molecule has 3 heteroatoms. The van der Waals surface area contributed by atoms with Crippen LogP contribution >= 0.6 is 0 Å². The van der Waals surface area contributed by atoms with Crippen LogP contribution in [0.25, 0.3) is 0 Å². The maximum atomic E-state index is 12.2. The van der Waals surface area contributed by atoms with Gasteiger partial charge in [0.25, 0.3) is 0 Å². The fraction of sp³-hybridized carbons (Fsp3) is 0.923. The molecule has 0 aromatic carbocycles. The number of carbonyl (C=O) groups is 1. The SMILES string of the molecule is CC(C)C(C)OC(=O)C1(CN)CCCCC1. The standard InChI is InChI=1S/C13H25NO2/c1-10(2)11(3)16-12(15)13(9-14)7-5-4-6-8-13/h10-11H,4-9,14H2,1-3H3. The molecule has 0 aromatic rings. The van der Waals surface area contributed by atoms with Crippen LogP contribution in [0.3, 0.4) is 0 Å². The quantitative estimate of drug-likeness (QED) is 0.751. The fourth-order valence-corrected chi connectivity index (χ4v) is 2.15. The lowest BCUT2D eigenvalue weighted by Crippen LogP contribution is -2.43. The van der Waals surface area contributed by atoms with Crippen LogP contribution < -0.4 is 5.73 Å². The maximum Gasteiger partial charge on any atom is 0.313 e. The molecule has 1 saturated carbocycles. The van der Waals surface area contributed by atoms with Gasteiger partial charge in [-0.1, -0.05) is 33.1 Å². The molecule has 0 spiro atoms. The molecule has 0 bridgehead atoms. The first-order valence-corrected chi connectivity index (χ1v) is 6.43. The molecule has 1 aliphatic carbocycles. The van der Waals surface area contributed by atoms with E-state index in [0.717, 1.165) is 25.7 Å². The van der Waals surface area contributed by atoms with Crippen LogP contribution in [0.15, 0.2) is 0 Å². The molecule has 3 nitrogen and oxygen atoms in total. The Kier molecular flexibility index (Phi) is 4.78. The monoisotopic (exact) mass is 227 g/mol. The molecule has 1 fully saturated rings. The molecule has 0 radical (unpaired) electrons. The van der Waals surface area contributed by atoms with Crippen molar-refractivity contribution in [3.8, 4) is 0 Å². The van der Waals surface area contributed by atoms with Crippen molar-refractivity contribution in [2.45, 2.75) is 59.0 Å². The topological polar surface area (TPSA) is 52.3 Å². The zero-order valence-electron chi connectivity index (χ0n) is 10.8. The van der Waals surface area contributed by atoms with E-state index < -0.39 is 0 Å². The van der Waals surface area contributed by atoms with Crippen molar-refractivity contribution in [3.63, 3.8) is 0 Å². The van der Waals surface area contributed by atoms with Gasteiger partial charge in [-0.3, -0.25) is 4.79 Å². The molecular weight excluding hydrogens is 202 g/mol. The number of esters is 1. The lowest BCUT2D eigenvalue weighted by atomic mass is 9.74. The molecule has 0 heterocycles. The number of hydrogen-bond acceptors (Lipinski definition) is 3. The van der Waals surface area contributed by atoms with Gasteiger partial charge < -0.3 is 10.5 Å². The van der Waals surface area contributed by atoms with E-state index in [9.17, 15) is 4.79 Å². The first-order chi connectivity index (χ1) is 7.52. The summed E-state index contributed by atoms with van der Waals surface area (Å²) in [5.41, 5.74) is 5.40. The molecule has 0 saturated heterocycles. The van der Waals surface area contributed by atoms with Crippen LogP contribution in [-0.2, 0) is 9.53 Å². The predicted molar refractivity (Wildman–Crippen MR) is 65.0 cm³/mol. The maximum absolute atomic E-state index is 12.2. The van der Waals surface area contributed by atoms with Crippen LogP contribution in [0.1, 0.15) is 52.9 Å². The highest BCUT2D eigenvalue weighted by Crippen LogP contribution is 2.37. The molecule has 0 aromatic heterocycles. The number of ether oxygens (including phenoxy) is 1. The summed E-state index contributed by atoms with van der Waals surface area (Å²) in [6.07, 6.45) is 5.19. The molecule has 1 rings (SSSR count). The van der Waals surface area contributed by atoms with Gasteiger partial charge in [-0.2, -0.15) is 0 Å².